The van der Waals surface area contributed by atoms with Crippen LogP contribution >= 0.6 is 0 Å². The van der Waals surface area contributed by atoms with Gasteiger partial charge in [-0.15, -0.1) is 0 Å². The molecule has 0 aliphatic rings. The van der Waals surface area contributed by atoms with E-state index in [1.165, 1.54) is 11.1 Å². The summed E-state index contributed by atoms with van der Waals surface area (Å²) in [4.78, 5) is 2.31. The van der Waals surface area contributed by atoms with Crippen molar-refractivity contribution in [1.82, 2.24) is 0 Å². The summed E-state index contributed by atoms with van der Waals surface area (Å²) >= 11 is 0. The molecule has 0 saturated heterocycles. The van der Waals surface area contributed by atoms with Gasteiger partial charge in [0.1, 0.15) is 11.2 Å². The number of nitrogens with zero attached hydrogens (tertiary/aromatic N) is 1. The Balaban J connectivity index is 1.82. The molecule has 0 atom stereocenters. The molecule has 0 amide bonds. The average Bonchev–Trinajstić information content (AvgIpc) is 3.10. The van der Waals surface area contributed by atoms with Gasteiger partial charge in [0.15, 0.2) is 0 Å². The van der Waals surface area contributed by atoms with Gasteiger partial charge < -0.3 is 9.32 Å². The molecule has 1 heterocycles. The Bertz CT molecular complexity index is 1220. The van der Waals surface area contributed by atoms with Crippen LogP contribution in [0.4, 0.5) is 17.1 Å². The van der Waals surface area contributed by atoms with Crippen molar-refractivity contribution in [3.8, 4) is 0 Å². The van der Waals surface area contributed by atoms with Gasteiger partial charge in [-0.05, 0) is 56.3 Å². The Hall–Kier alpha value is -3.52. The molecule has 4 aromatic carbocycles. The number of anilines is 3. The van der Waals surface area contributed by atoms with Crippen molar-refractivity contribution in [2.45, 2.75) is 13.8 Å². The van der Waals surface area contributed by atoms with Gasteiger partial charge in [0, 0.05) is 16.8 Å². The Morgan fingerprint density at radius 2 is 1.14 bits per heavy atom. The van der Waals surface area contributed by atoms with E-state index in [-0.39, 0.29) is 0 Å². The van der Waals surface area contributed by atoms with Crippen LogP contribution in [0.1, 0.15) is 11.1 Å². The summed E-state index contributed by atoms with van der Waals surface area (Å²) in [5.74, 6) is 0. The summed E-state index contributed by atoms with van der Waals surface area (Å²) in [6.07, 6.45) is 0. The molecule has 5 aromatic rings. The first-order valence-electron chi connectivity index (χ1n) is 9.54. The van der Waals surface area contributed by atoms with Crippen molar-refractivity contribution < 1.29 is 4.42 Å². The lowest BCUT2D eigenvalue weighted by Gasteiger charge is -2.26. The van der Waals surface area contributed by atoms with E-state index in [0.29, 0.717) is 0 Å². The van der Waals surface area contributed by atoms with Crippen LogP contribution in [0.3, 0.4) is 0 Å². The van der Waals surface area contributed by atoms with Crippen LogP contribution < -0.4 is 4.90 Å². The van der Waals surface area contributed by atoms with Crippen LogP contribution in [0.5, 0.6) is 0 Å². The maximum Gasteiger partial charge on any atom is 0.137 e. The molecule has 5 rings (SSSR count). The van der Waals surface area contributed by atoms with Crippen molar-refractivity contribution in [2.24, 2.45) is 0 Å². The number of benzene rings is 4. The molecule has 0 bridgehead atoms. The number of hydrogen-bond donors (Lipinski definition) is 0. The van der Waals surface area contributed by atoms with Crippen molar-refractivity contribution in [3.05, 3.63) is 102 Å². The van der Waals surface area contributed by atoms with Gasteiger partial charge in [0.2, 0.25) is 0 Å². The highest BCUT2D eigenvalue weighted by Gasteiger charge is 2.18. The molecule has 0 aliphatic carbocycles. The summed E-state index contributed by atoms with van der Waals surface area (Å²) in [5, 5.41) is 2.27. The fraction of sp³-hybridized carbons (Fsp3) is 0.0769. The number of rotatable bonds is 3. The highest BCUT2D eigenvalue weighted by atomic mass is 16.3. The number of aryl methyl sites for hydroxylation is 2. The Kier molecular flexibility index (Phi) is 3.91. The van der Waals surface area contributed by atoms with Gasteiger partial charge in [-0.25, -0.2) is 0 Å². The molecular formula is C26H21NO. The van der Waals surface area contributed by atoms with Gasteiger partial charge in [-0.2, -0.15) is 0 Å². The van der Waals surface area contributed by atoms with Crippen LogP contribution in [0.15, 0.2) is 95.4 Å². The molecule has 2 heteroatoms. The third-order valence-electron chi connectivity index (χ3n) is 5.21. The van der Waals surface area contributed by atoms with Gasteiger partial charge in [-0.3, -0.25) is 0 Å². The number of fused-ring (bicyclic) bond motifs is 3. The summed E-state index contributed by atoms with van der Waals surface area (Å²) in [6.45, 7) is 4.23. The van der Waals surface area contributed by atoms with Gasteiger partial charge in [0.25, 0.3) is 0 Å². The first-order chi connectivity index (χ1) is 13.7. The van der Waals surface area contributed by atoms with Gasteiger partial charge in [0.05, 0.1) is 11.1 Å². The highest BCUT2D eigenvalue weighted by Crippen LogP contribution is 2.42. The van der Waals surface area contributed by atoms with E-state index in [1.807, 2.05) is 18.2 Å². The van der Waals surface area contributed by atoms with Gasteiger partial charge in [-0.1, -0.05) is 59.7 Å². The predicted molar refractivity (Wildman–Crippen MR) is 118 cm³/mol. The summed E-state index contributed by atoms with van der Waals surface area (Å²) < 4.78 is 6.13. The SMILES string of the molecule is Cc1ccc(N(c2ccc(C)cc2)c2cccc3oc4ccccc4c23)cc1. The summed E-state index contributed by atoms with van der Waals surface area (Å²) in [5.41, 5.74) is 7.70. The molecule has 0 radical (unpaired) electrons. The van der Waals surface area contributed by atoms with Crippen LogP contribution in [-0.4, -0.2) is 0 Å². The Morgan fingerprint density at radius 1 is 0.571 bits per heavy atom. The molecule has 0 N–H and O–H groups in total. The van der Waals surface area contributed by atoms with E-state index >= 15 is 0 Å². The first kappa shape index (κ1) is 16.6. The number of furan rings is 1. The minimum Gasteiger partial charge on any atom is -0.456 e. The van der Waals surface area contributed by atoms with Crippen LogP contribution in [0, 0.1) is 13.8 Å². The van der Waals surface area contributed by atoms with E-state index in [0.717, 1.165) is 39.0 Å². The van der Waals surface area contributed by atoms with Crippen LogP contribution in [0.25, 0.3) is 21.9 Å². The molecule has 136 valence electrons. The Labute approximate surface area is 164 Å². The minimum absolute atomic E-state index is 0.905. The summed E-state index contributed by atoms with van der Waals surface area (Å²) in [7, 11) is 0. The molecular weight excluding hydrogens is 342 g/mol. The van der Waals surface area contributed by atoms with Crippen molar-refractivity contribution in [2.75, 3.05) is 4.90 Å². The normalized spacial score (nSPS) is 11.2. The van der Waals surface area contributed by atoms with Crippen molar-refractivity contribution in [1.29, 1.82) is 0 Å². The van der Waals surface area contributed by atoms with E-state index < -0.39 is 0 Å². The molecule has 0 saturated carbocycles. The summed E-state index contributed by atoms with van der Waals surface area (Å²) in [6, 6.07) is 31.9. The minimum atomic E-state index is 0.905. The first-order valence-corrected chi connectivity index (χ1v) is 9.54. The van der Waals surface area contributed by atoms with E-state index in [1.54, 1.807) is 0 Å². The van der Waals surface area contributed by atoms with Crippen LogP contribution in [-0.2, 0) is 0 Å². The maximum atomic E-state index is 6.13. The van der Waals surface area contributed by atoms with E-state index in [2.05, 4.69) is 91.5 Å². The molecule has 0 unspecified atom stereocenters. The van der Waals surface area contributed by atoms with Crippen molar-refractivity contribution >= 4 is 39.0 Å². The second kappa shape index (κ2) is 6.58. The van der Waals surface area contributed by atoms with Gasteiger partial charge >= 0.3 is 0 Å². The third kappa shape index (κ3) is 2.74. The quantitative estimate of drug-likeness (QED) is 0.327. The largest absolute Gasteiger partial charge is 0.456 e. The van der Waals surface area contributed by atoms with E-state index in [9.17, 15) is 0 Å². The fourth-order valence-corrected chi connectivity index (χ4v) is 3.76. The zero-order valence-electron chi connectivity index (χ0n) is 16.0. The zero-order valence-corrected chi connectivity index (χ0v) is 16.0. The number of para-hydroxylation sites is 1. The van der Waals surface area contributed by atoms with Crippen LogP contribution in [0.2, 0.25) is 0 Å². The molecule has 28 heavy (non-hydrogen) atoms. The predicted octanol–water partition coefficient (Wildman–Crippen LogP) is 7.67. The maximum absolute atomic E-state index is 6.13. The fourth-order valence-electron chi connectivity index (χ4n) is 3.76. The Morgan fingerprint density at radius 3 is 1.79 bits per heavy atom. The van der Waals surface area contributed by atoms with E-state index in [4.69, 9.17) is 4.42 Å². The average molecular weight is 363 g/mol. The smallest absolute Gasteiger partial charge is 0.137 e. The standard InChI is InChI=1S/C26H21NO/c1-18-10-14-20(15-11-18)27(21-16-12-19(2)13-17-21)23-7-5-9-25-26(23)22-6-3-4-8-24(22)28-25/h3-17H,1-2H3. The molecule has 1 aromatic heterocycles. The topological polar surface area (TPSA) is 16.4 Å². The lowest BCUT2D eigenvalue weighted by molar-refractivity contribution is 0.669. The lowest BCUT2D eigenvalue weighted by atomic mass is 10.1. The monoisotopic (exact) mass is 363 g/mol. The number of hydrogen-bond acceptors (Lipinski definition) is 2. The van der Waals surface area contributed by atoms with Crippen molar-refractivity contribution in [3.63, 3.8) is 0 Å². The third-order valence-corrected chi connectivity index (χ3v) is 5.21. The second-order valence-electron chi connectivity index (χ2n) is 7.26. The molecule has 2 nitrogen and oxygen atoms in total. The second-order valence-corrected chi connectivity index (χ2v) is 7.26. The highest BCUT2D eigenvalue weighted by molar-refractivity contribution is 6.13. The molecule has 0 fully saturated rings. The molecule has 0 spiro atoms. The zero-order chi connectivity index (χ0) is 19.1. The lowest BCUT2D eigenvalue weighted by Crippen LogP contribution is -2.10. The molecule has 0 aliphatic heterocycles.